The van der Waals surface area contributed by atoms with Crippen LogP contribution in [-0.2, 0) is 13.1 Å². The average Bonchev–Trinajstić information content (AvgIpc) is 2.51. The maximum absolute atomic E-state index is 12.0. The Labute approximate surface area is 127 Å². The number of halogens is 1. The predicted molar refractivity (Wildman–Crippen MR) is 81.8 cm³/mol. The minimum atomic E-state index is -0.361. The maximum Gasteiger partial charge on any atom is 0.287 e. The highest BCUT2D eigenvalue weighted by Crippen LogP contribution is 2.19. The Morgan fingerprint density at radius 2 is 2.38 bits per heavy atom. The summed E-state index contributed by atoms with van der Waals surface area (Å²) in [6, 6.07) is 3.68. The molecule has 2 heterocycles. The molecule has 0 unspecified atom stereocenters. The topological polar surface area (TPSA) is 69.0 Å². The summed E-state index contributed by atoms with van der Waals surface area (Å²) in [4.78, 5) is 16.1. The third kappa shape index (κ3) is 3.41. The van der Waals surface area contributed by atoms with E-state index >= 15 is 0 Å². The van der Waals surface area contributed by atoms with Crippen molar-refractivity contribution in [3.8, 4) is 5.88 Å². The van der Waals surface area contributed by atoms with Gasteiger partial charge in [-0.25, -0.2) is 9.67 Å². The first-order valence-corrected chi connectivity index (χ1v) is 6.63. The number of allylic oxidation sites excluding steroid dienone is 1. The molecule has 0 aliphatic rings. The van der Waals surface area contributed by atoms with Gasteiger partial charge in [-0.15, -0.1) is 6.58 Å². The van der Waals surface area contributed by atoms with Crippen LogP contribution in [0.2, 0.25) is 5.02 Å². The second kappa shape index (κ2) is 6.90. The molecule has 7 heteroatoms. The van der Waals surface area contributed by atoms with E-state index in [0.29, 0.717) is 24.7 Å². The molecule has 2 aromatic rings. The van der Waals surface area contributed by atoms with Crippen LogP contribution >= 0.6 is 11.6 Å². The van der Waals surface area contributed by atoms with Gasteiger partial charge >= 0.3 is 0 Å². The number of hydrogen-bond donors (Lipinski definition) is 1. The van der Waals surface area contributed by atoms with Crippen molar-refractivity contribution in [1.29, 1.82) is 0 Å². The van der Waals surface area contributed by atoms with Crippen molar-refractivity contribution in [3.05, 3.63) is 58.1 Å². The van der Waals surface area contributed by atoms with Crippen molar-refractivity contribution < 1.29 is 4.74 Å². The Morgan fingerprint density at radius 3 is 3.10 bits per heavy atom. The number of methoxy groups -OCH3 is 1. The van der Waals surface area contributed by atoms with Crippen LogP contribution in [0.15, 0.2) is 42.0 Å². The minimum Gasteiger partial charge on any atom is -0.481 e. The smallest absolute Gasteiger partial charge is 0.287 e. The maximum atomic E-state index is 12.0. The number of anilines is 1. The molecule has 2 rings (SSSR count). The van der Waals surface area contributed by atoms with E-state index in [1.807, 2.05) is 6.07 Å². The highest BCUT2D eigenvalue weighted by molar-refractivity contribution is 6.32. The van der Waals surface area contributed by atoms with Crippen molar-refractivity contribution in [2.24, 2.45) is 0 Å². The Kier molecular flexibility index (Phi) is 4.94. The number of pyridine rings is 1. The predicted octanol–water partition coefficient (Wildman–Crippen LogP) is 2.10. The Hall–Kier alpha value is -2.34. The molecule has 2 aromatic heterocycles. The largest absolute Gasteiger partial charge is 0.481 e. The third-order valence-corrected chi connectivity index (χ3v) is 3.16. The van der Waals surface area contributed by atoms with Gasteiger partial charge < -0.3 is 10.1 Å². The molecule has 0 aromatic carbocycles. The molecule has 0 radical (unpaired) electrons. The van der Waals surface area contributed by atoms with E-state index in [-0.39, 0.29) is 10.6 Å². The quantitative estimate of drug-likeness (QED) is 0.828. The lowest BCUT2D eigenvalue weighted by Crippen LogP contribution is -2.23. The van der Waals surface area contributed by atoms with Crippen molar-refractivity contribution in [1.82, 2.24) is 14.8 Å². The van der Waals surface area contributed by atoms with Gasteiger partial charge in [0.15, 0.2) is 0 Å². The van der Waals surface area contributed by atoms with E-state index in [1.54, 1.807) is 25.4 Å². The van der Waals surface area contributed by atoms with Gasteiger partial charge in [-0.2, -0.15) is 5.10 Å². The summed E-state index contributed by atoms with van der Waals surface area (Å²) in [6.07, 6.45) is 4.74. The van der Waals surface area contributed by atoms with Crippen LogP contribution in [-0.4, -0.2) is 21.9 Å². The summed E-state index contributed by atoms with van der Waals surface area (Å²) < 4.78 is 6.40. The number of ether oxygens (including phenoxy) is 1. The number of nitrogens with zero attached hydrogens (tertiary/aromatic N) is 3. The van der Waals surface area contributed by atoms with Crippen LogP contribution in [0.1, 0.15) is 5.56 Å². The Balaban J connectivity index is 2.19. The van der Waals surface area contributed by atoms with Gasteiger partial charge in [0.2, 0.25) is 5.88 Å². The molecule has 0 atom stereocenters. The molecule has 0 aliphatic heterocycles. The third-order valence-electron chi connectivity index (χ3n) is 2.80. The molecule has 1 N–H and O–H groups in total. The standard InChI is InChI=1S/C14H15ClN4O2/c1-3-7-19-14(20)12(15)11(9-18-19)17-8-10-5-4-6-16-13(10)21-2/h3-6,9,17H,1,7-8H2,2H3. The van der Waals surface area contributed by atoms with Crippen LogP contribution in [0.5, 0.6) is 5.88 Å². The van der Waals surface area contributed by atoms with E-state index in [2.05, 4.69) is 22.0 Å². The minimum absolute atomic E-state index is 0.0923. The number of hydrogen-bond acceptors (Lipinski definition) is 5. The van der Waals surface area contributed by atoms with Crippen LogP contribution in [0.4, 0.5) is 5.69 Å². The van der Waals surface area contributed by atoms with Crippen LogP contribution in [0.3, 0.4) is 0 Å². The van der Waals surface area contributed by atoms with Crippen LogP contribution < -0.4 is 15.6 Å². The van der Waals surface area contributed by atoms with Gasteiger partial charge in [0.05, 0.1) is 25.5 Å². The second-order valence-corrected chi connectivity index (χ2v) is 4.55. The fourth-order valence-electron chi connectivity index (χ4n) is 1.77. The van der Waals surface area contributed by atoms with E-state index in [0.717, 1.165) is 5.56 Å². The fourth-order valence-corrected chi connectivity index (χ4v) is 1.99. The lowest BCUT2D eigenvalue weighted by Gasteiger charge is -2.11. The van der Waals surface area contributed by atoms with Crippen LogP contribution in [0.25, 0.3) is 0 Å². The second-order valence-electron chi connectivity index (χ2n) is 4.17. The normalized spacial score (nSPS) is 10.2. The fraction of sp³-hybridized carbons (Fsp3) is 0.214. The van der Waals surface area contributed by atoms with Crippen molar-refractivity contribution in [3.63, 3.8) is 0 Å². The Bertz CT molecular complexity index is 700. The van der Waals surface area contributed by atoms with E-state index in [4.69, 9.17) is 16.3 Å². The molecule has 0 spiro atoms. The summed E-state index contributed by atoms with van der Waals surface area (Å²) in [7, 11) is 1.55. The van der Waals surface area contributed by atoms with Gasteiger partial charge in [0.1, 0.15) is 5.02 Å². The molecule has 0 aliphatic carbocycles. The Morgan fingerprint density at radius 1 is 1.57 bits per heavy atom. The lowest BCUT2D eigenvalue weighted by molar-refractivity contribution is 0.393. The van der Waals surface area contributed by atoms with Gasteiger partial charge in [-0.1, -0.05) is 23.7 Å². The zero-order chi connectivity index (χ0) is 15.2. The lowest BCUT2D eigenvalue weighted by atomic mass is 10.2. The van der Waals surface area contributed by atoms with Gasteiger partial charge in [-0.05, 0) is 6.07 Å². The van der Waals surface area contributed by atoms with Crippen LogP contribution in [0, 0.1) is 0 Å². The van der Waals surface area contributed by atoms with Crippen molar-refractivity contribution in [2.45, 2.75) is 13.1 Å². The summed E-state index contributed by atoms with van der Waals surface area (Å²) in [5.41, 5.74) is 0.957. The highest BCUT2D eigenvalue weighted by Gasteiger charge is 2.09. The number of nitrogens with one attached hydrogen (secondary N) is 1. The molecular weight excluding hydrogens is 292 g/mol. The van der Waals surface area contributed by atoms with Gasteiger partial charge in [0, 0.05) is 18.3 Å². The molecule has 0 bridgehead atoms. The molecule has 0 saturated heterocycles. The number of rotatable bonds is 6. The van der Waals surface area contributed by atoms with E-state index in [9.17, 15) is 4.79 Å². The highest BCUT2D eigenvalue weighted by atomic mass is 35.5. The van der Waals surface area contributed by atoms with E-state index in [1.165, 1.54) is 10.9 Å². The van der Waals surface area contributed by atoms with Gasteiger partial charge in [0.25, 0.3) is 5.56 Å². The summed E-state index contributed by atoms with van der Waals surface area (Å²) in [5.74, 6) is 0.522. The molecule has 0 fully saturated rings. The van der Waals surface area contributed by atoms with Crippen molar-refractivity contribution in [2.75, 3.05) is 12.4 Å². The average molecular weight is 307 g/mol. The SMILES string of the molecule is C=CCn1ncc(NCc2cccnc2OC)c(Cl)c1=O. The summed E-state index contributed by atoms with van der Waals surface area (Å²) >= 11 is 6.06. The first kappa shape index (κ1) is 15.1. The van der Waals surface area contributed by atoms with Gasteiger partial charge in [-0.3, -0.25) is 4.79 Å². The summed E-state index contributed by atoms with van der Waals surface area (Å²) in [5, 5.41) is 7.18. The number of aromatic nitrogens is 3. The molecular formula is C14H15ClN4O2. The molecule has 0 saturated carbocycles. The zero-order valence-corrected chi connectivity index (χ0v) is 12.3. The first-order valence-electron chi connectivity index (χ1n) is 6.25. The molecule has 110 valence electrons. The molecule has 21 heavy (non-hydrogen) atoms. The van der Waals surface area contributed by atoms with Crippen molar-refractivity contribution >= 4 is 17.3 Å². The zero-order valence-electron chi connectivity index (χ0n) is 11.5. The monoisotopic (exact) mass is 306 g/mol. The molecule has 0 amide bonds. The van der Waals surface area contributed by atoms with E-state index < -0.39 is 0 Å². The first-order chi connectivity index (χ1) is 10.2. The summed E-state index contributed by atoms with van der Waals surface area (Å²) in [6.45, 7) is 4.30. The molecule has 6 nitrogen and oxygen atoms in total.